The number of ether oxygens (including phenoxy) is 1. The molecule has 0 bridgehead atoms. The lowest BCUT2D eigenvalue weighted by atomic mass is 9.98. The molecule has 118 valence electrons. The lowest BCUT2D eigenvalue weighted by Crippen LogP contribution is -3.27. The third-order valence-electron chi connectivity index (χ3n) is 4.62. The second-order valence-corrected chi connectivity index (χ2v) is 6.83. The van der Waals surface area contributed by atoms with Gasteiger partial charge < -0.3 is 14.5 Å². The molecule has 1 aliphatic heterocycles. The standard InChI is InChI=1S/C18H30N2O/c1-15(2)18-7-6-17(14-16(18)3)21-13-5-8-20-11-9-19(4)10-12-20/h6-7,14-15H,5,8-13H2,1-4H3/p+2. The third kappa shape index (κ3) is 5.01. The zero-order valence-electron chi connectivity index (χ0n) is 14.2. The molecule has 1 aliphatic rings. The molecule has 0 saturated carbocycles. The summed E-state index contributed by atoms with van der Waals surface area (Å²) in [6.07, 6.45) is 1.15. The van der Waals surface area contributed by atoms with Crippen molar-refractivity contribution >= 4 is 0 Å². The normalized spacial score (nSPS) is 22.5. The van der Waals surface area contributed by atoms with Crippen LogP contribution in [0.15, 0.2) is 18.2 Å². The molecule has 1 fully saturated rings. The fraction of sp³-hybridized carbons (Fsp3) is 0.667. The van der Waals surface area contributed by atoms with Gasteiger partial charge >= 0.3 is 0 Å². The lowest BCUT2D eigenvalue weighted by molar-refractivity contribution is -1.00. The summed E-state index contributed by atoms with van der Waals surface area (Å²) in [5.74, 6) is 1.61. The van der Waals surface area contributed by atoms with E-state index >= 15 is 0 Å². The van der Waals surface area contributed by atoms with Crippen LogP contribution in [0, 0.1) is 6.92 Å². The molecule has 1 aromatic rings. The zero-order valence-corrected chi connectivity index (χ0v) is 14.2. The summed E-state index contributed by atoms with van der Waals surface area (Å²) in [6.45, 7) is 14.0. The van der Waals surface area contributed by atoms with E-state index in [1.807, 2.05) is 0 Å². The summed E-state index contributed by atoms with van der Waals surface area (Å²) < 4.78 is 5.92. The largest absolute Gasteiger partial charge is 0.493 e. The molecule has 0 aliphatic carbocycles. The highest BCUT2D eigenvalue weighted by Gasteiger charge is 2.18. The molecule has 21 heavy (non-hydrogen) atoms. The van der Waals surface area contributed by atoms with Crippen LogP contribution in [0.4, 0.5) is 0 Å². The van der Waals surface area contributed by atoms with Crippen LogP contribution in [-0.4, -0.2) is 46.4 Å². The van der Waals surface area contributed by atoms with Crippen molar-refractivity contribution in [3.8, 4) is 5.75 Å². The first-order chi connectivity index (χ1) is 10.1. The van der Waals surface area contributed by atoms with Crippen molar-refractivity contribution < 1.29 is 14.5 Å². The van der Waals surface area contributed by atoms with Gasteiger partial charge in [0.15, 0.2) is 0 Å². The maximum Gasteiger partial charge on any atom is 0.127 e. The fourth-order valence-electron chi connectivity index (χ4n) is 3.18. The highest BCUT2D eigenvalue weighted by atomic mass is 16.5. The number of likely N-dealkylation sites (N-methyl/N-ethyl adjacent to an activating group) is 1. The van der Waals surface area contributed by atoms with Crippen molar-refractivity contribution in [1.82, 2.24) is 0 Å². The minimum Gasteiger partial charge on any atom is -0.493 e. The van der Waals surface area contributed by atoms with E-state index in [1.165, 1.54) is 43.9 Å². The Kier molecular flexibility index (Phi) is 6.07. The Morgan fingerprint density at radius 1 is 1.14 bits per heavy atom. The van der Waals surface area contributed by atoms with E-state index < -0.39 is 0 Å². The number of hydrogen-bond donors (Lipinski definition) is 2. The highest BCUT2D eigenvalue weighted by molar-refractivity contribution is 5.36. The van der Waals surface area contributed by atoms with Crippen LogP contribution in [0.2, 0.25) is 0 Å². The fourth-order valence-corrected chi connectivity index (χ4v) is 3.18. The van der Waals surface area contributed by atoms with Crippen LogP contribution in [-0.2, 0) is 0 Å². The summed E-state index contributed by atoms with van der Waals surface area (Å²) in [7, 11) is 2.29. The van der Waals surface area contributed by atoms with Crippen molar-refractivity contribution in [3.63, 3.8) is 0 Å². The topological polar surface area (TPSA) is 18.1 Å². The molecule has 0 radical (unpaired) electrons. The zero-order chi connectivity index (χ0) is 15.2. The van der Waals surface area contributed by atoms with E-state index in [-0.39, 0.29) is 0 Å². The molecule has 2 rings (SSSR count). The monoisotopic (exact) mass is 292 g/mol. The molecule has 0 aromatic heterocycles. The van der Waals surface area contributed by atoms with E-state index in [1.54, 1.807) is 9.80 Å². The Labute approximate surface area is 129 Å². The molecule has 1 aromatic carbocycles. The first kappa shape index (κ1) is 16.3. The van der Waals surface area contributed by atoms with E-state index in [0.717, 1.165) is 18.8 Å². The average molecular weight is 292 g/mol. The Morgan fingerprint density at radius 2 is 1.86 bits per heavy atom. The molecule has 1 heterocycles. The van der Waals surface area contributed by atoms with E-state index in [0.29, 0.717) is 5.92 Å². The predicted octanol–water partition coefficient (Wildman–Crippen LogP) is 0.301. The molecule has 0 atom stereocenters. The lowest BCUT2D eigenvalue weighted by Gasteiger charge is -2.27. The minimum absolute atomic E-state index is 0.585. The van der Waals surface area contributed by atoms with Crippen LogP contribution in [0.25, 0.3) is 0 Å². The van der Waals surface area contributed by atoms with Crippen LogP contribution in [0.1, 0.15) is 37.3 Å². The van der Waals surface area contributed by atoms with Gasteiger partial charge in [-0.3, -0.25) is 0 Å². The number of hydrogen-bond acceptors (Lipinski definition) is 1. The van der Waals surface area contributed by atoms with Crippen molar-refractivity contribution in [2.24, 2.45) is 0 Å². The summed E-state index contributed by atoms with van der Waals surface area (Å²) in [5, 5.41) is 0. The number of piperazine rings is 1. The van der Waals surface area contributed by atoms with E-state index in [9.17, 15) is 0 Å². The predicted molar refractivity (Wildman–Crippen MR) is 87.6 cm³/mol. The second kappa shape index (κ2) is 7.81. The number of rotatable bonds is 6. The Bertz CT molecular complexity index is 437. The van der Waals surface area contributed by atoms with Gasteiger partial charge in [-0.2, -0.15) is 0 Å². The van der Waals surface area contributed by atoms with Gasteiger partial charge in [0.25, 0.3) is 0 Å². The van der Waals surface area contributed by atoms with Gasteiger partial charge in [0, 0.05) is 6.42 Å². The second-order valence-electron chi connectivity index (χ2n) is 6.83. The first-order valence-electron chi connectivity index (χ1n) is 8.44. The van der Waals surface area contributed by atoms with Crippen LogP contribution >= 0.6 is 0 Å². The van der Waals surface area contributed by atoms with Crippen molar-refractivity contribution in [3.05, 3.63) is 29.3 Å². The molecule has 0 spiro atoms. The first-order valence-corrected chi connectivity index (χ1v) is 8.44. The van der Waals surface area contributed by atoms with Gasteiger partial charge in [0.05, 0.1) is 20.2 Å². The Morgan fingerprint density at radius 3 is 2.48 bits per heavy atom. The maximum atomic E-state index is 5.92. The third-order valence-corrected chi connectivity index (χ3v) is 4.62. The Hall–Kier alpha value is -1.06. The number of nitrogens with one attached hydrogen (secondary N) is 2. The molecule has 3 heteroatoms. The smallest absolute Gasteiger partial charge is 0.127 e. The van der Waals surface area contributed by atoms with Gasteiger partial charge in [-0.1, -0.05) is 19.9 Å². The van der Waals surface area contributed by atoms with Gasteiger partial charge in [-0.15, -0.1) is 0 Å². The van der Waals surface area contributed by atoms with Gasteiger partial charge in [0.2, 0.25) is 0 Å². The molecule has 0 unspecified atom stereocenters. The summed E-state index contributed by atoms with van der Waals surface area (Å²) >= 11 is 0. The van der Waals surface area contributed by atoms with Crippen molar-refractivity contribution in [2.45, 2.75) is 33.1 Å². The number of benzene rings is 1. The SMILES string of the molecule is Cc1cc(OCCC[NH+]2CC[NH+](C)CC2)ccc1C(C)C. The van der Waals surface area contributed by atoms with Crippen LogP contribution < -0.4 is 14.5 Å². The summed E-state index contributed by atoms with van der Waals surface area (Å²) in [5.41, 5.74) is 2.77. The van der Waals surface area contributed by atoms with Gasteiger partial charge in [0.1, 0.15) is 31.9 Å². The van der Waals surface area contributed by atoms with Crippen LogP contribution in [0.5, 0.6) is 5.75 Å². The summed E-state index contributed by atoms with van der Waals surface area (Å²) in [6, 6.07) is 6.51. The van der Waals surface area contributed by atoms with Crippen molar-refractivity contribution in [1.29, 1.82) is 0 Å². The van der Waals surface area contributed by atoms with Crippen LogP contribution in [0.3, 0.4) is 0 Å². The van der Waals surface area contributed by atoms with E-state index in [2.05, 4.69) is 46.0 Å². The highest BCUT2D eigenvalue weighted by Crippen LogP contribution is 2.23. The minimum atomic E-state index is 0.585. The van der Waals surface area contributed by atoms with Gasteiger partial charge in [-0.25, -0.2) is 0 Å². The maximum absolute atomic E-state index is 5.92. The Balaban J connectivity index is 1.70. The molecule has 0 amide bonds. The summed E-state index contributed by atoms with van der Waals surface area (Å²) in [4.78, 5) is 3.42. The molecule has 3 nitrogen and oxygen atoms in total. The van der Waals surface area contributed by atoms with E-state index in [4.69, 9.17) is 4.74 Å². The molecular formula is C18H32N2O+2. The average Bonchev–Trinajstić information content (AvgIpc) is 2.45. The molecule has 1 saturated heterocycles. The quantitative estimate of drug-likeness (QED) is 0.722. The van der Waals surface area contributed by atoms with Gasteiger partial charge in [-0.05, 0) is 36.1 Å². The number of quaternary nitrogens is 2. The number of aryl methyl sites for hydroxylation is 1. The molecule has 2 N–H and O–H groups in total. The van der Waals surface area contributed by atoms with Crippen molar-refractivity contribution in [2.75, 3.05) is 46.4 Å². The molecular weight excluding hydrogens is 260 g/mol.